The number of nitrogens with one attached hydrogen (secondary N) is 1. The van der Waals surface area contributed by atoms with Crippen molar-refractivity contribution >= 4 is 40.9 Å². The lowest BCUT2D eigenvalue weighted by Crippen LogP contribution is -2.28. The van der Waals surface area contributed by atoms with Crippen LogP contribution in [0.25, 0.3) is 11.6 Å². The van der Waals surface area contributed by atoms with Gasteiger partial charge in [0.25, 0.3) is 0 Å². The van der Waals surface area contributed by atoms with Crippen LogP contribution < -0.4 is 11.2 Å². The number of nitrogens with zero attached hydrogens (tertiary/aromatic N) is 3. The van der Waals surface area contributed by atoms with Gasteiger partial charge in [0.2, 0.25) is 16.9 Å². The standard InChI is InChI=1S/C16H15Cl2N5O2S/c1-9(10-4-5-11(17)12(18)7-10)20-14(24)8-26-16-22-21-15(23(16)19)13-3-2-6-25-13/h2-7,9H,8,19H2,1H3,(H,20,24)/t9-/m0/s1. The van der Waals surface area contributed by atoms with Crippen LogP contribution in [0.3, 0.4) is 0 Å². The van der Waals surface area contributed by atoms with E-state index in [2.05, 4.69) is 15.5 Å². The molecule has 7 nitrogen and oxygen atoms in total. The second-order valence-corrected chi connectivity index (χ2v) is 7.16. The molecule has 1 atom stereocenters. The molecule has 26 heavy (non-hydrogen) atoms. The minimum absolute atomic E-state index is 0.138. The minimum Gasteiger partial charge on any atom is -0.461 e. The molecule has 0 saturated carbocycles. The largest absolute Gasteiger partial charge is 0.461 e. The molecular formula is C16H15Cl2N5O2S. The van der Waals surface area contributed by atoms with Crippen LogP contribution in [0, 0.1) is 0 Å². The highest BCUT2D eigenvalue weighted by Crippen LogP contribution is 2.26. The molecule has 0 bridgehead atoms. The van der Waals surface area contributed by atoms with Crippen LogP contribution in [-0.2, 0) is 4.79 Å². The summed E-state index contributed by atoms with van der Waals surface area (Å²) in [5.74, 6) is 6.82. The Kier molecular flexibility index (Phi) is 5.75. The van der Waals surface area contributed by atoms with Crippen molar-refractivity contribution in [3.63, 3.8) is 0 Å². The molecule has 0 aliphatic rings. The monoisotopic (exact) mass is 411 g/mol. The van der Waals surface area contributed by atoms with E-state index >= 15 is 0 Å². The van der Waals surface area contributed by atoms with E-state index in [0.29, 0.717) is 26.8 Å². The molecule has 3 N–H and O–H groups in total. The molecule has 0 saturated heterocycles. The van der Waals surface area contributed by atoms with Crippen molar-refractivity contribution < 1.29 is 9.21 Å². The number of nitrogen functional groups attached to an aromatic ring is 1. The van der Waals surface area contributed by atoms with Gasteiger partial charge < -0.3 is 15.6 Å². The SMILES string of the molecule is C[C@H](NC(=O)CSc1nnc(-c2ccco2)n1N)c1ccc(Cl)c(Cl)c1. The third-order valence-corrected chi connectivity index (χ3v) is 5.24. The molecule has 3 rings (SSSR count). The lowest BCUT2D eigenvalue weighted by atomic mass is 10.1. The van der Waals surface area contributed by atoms with E-state index in [1.807, 2.05) is 13.0 Å². The number of aromatic nitrogens is 3. The van der Waals surface area contributed by atoms with Crippen molar-refractivity contribution in [1.82, 2.24) is 20.2 Å². The summed E-state index contributed by atoms with van der Waals surface area (Å²) in [4.78, 5) is 12.2. The van der Waals surface area contributed by atoms with Crippen LogP contribution in [0.15, 0.2) is 46.2 Å². The smallest absolute Gasteiger partial charge is 0.230 e. The maximum atomic E-state index is 12.2. The van der Waals surface area contributed by atoms with E-state index in [0.717, 1.165) is 5.56 Å². The van der Waals surface area contributed by atoms with Gasteiger partial charge in [-0.3, -0.25) is 4.79 Å². The minimum atomic E-state index is -0.215. The van der Waals surface area contributed by atoms with E-state index in [1.165, 1.54) is 22.7 Å². The number of carbonyl (C=O) groups is 1. The third kappa shape index (κ3) is 4.14. The Morgan fingerprint density at radius 3 is 2.85 bits per heavy atom. The summed E-state index contributed by atoms with van der Waals surface area (Å²) in [5, 5.41) is 12.2. The van der Waals surface area contributed by atoms with Gasteiger partial charge in [-0.1, -0.05) is 41.0 Å². The van der Waals surface area contributed by atoms with Gasteiger partial charge in [-0.15, -0.1) is 10.2 Å². The molecule has 0 aliphatic carbocycles. The number of hydrogen-bond acceptors (Lipinski definition) is 6. The highest BCUT2D eigenvalue weighted by Gasteiger charge is 2.16. The zero-order chi connectivity index (χ0) is 18.7. The predicted molar refractivity (Wildman–Crippen MR) is 102 cm³/mol. The van der Waals surface area contributed by atoms with E-state index < -0.39 is 0 Å². The van der Waals surface area contributed by atoms with Crippen molar-refractivity contribution in [2.45, 2.75) is 18.1 Å². The maximum Gasteiger partial charge on any atom is 0.230 e. The van der Waals surface area contributed by atoms with Crippen LogP contribution in [0.2, 0.25) is 10.0 Å². The van der Waals surface area contributed by atoms with Crippen molar-refractivity contribution in [2.24, 2.45) is 0 Å². The fourth-order valence-electron chi connectivity index (χ4n) is 2.23. The Hall–Kier alpha value is -2.16. The molecule has 0 unspecified atom stereocenters. The quantitative estimate of drug-likeness (QED) is 0.475. The average molecular weight is 412 g/mol. The second kappa shape index (κ2) is 8.03. The highest BCUT2D eigenvalue weighted by atomic mass is 35.5. The first-order valence-electron chi connectivity index (χ1n) is 7.57. The third-order valence-electron chi connectivity index (χ3n) is 3.56. The number of halogens is 2. The number of benzene rings is 1. The van der Waals surface area contributed by atoms with Gasteiger partial charge in [0.1, 0.15) is 0 Å². The Bertz CT molecular complexity index is 914. The molecule has 2 heterocycles. The molecule has 2 aromatic heterocycles. The van der Waals surface area contributed by atoms with Crippen LogP contribution in [-0.4, -0.2) is 26.5 Å². The highest BCUT2D eigenvalue weighted by molar-refractivity contribution is 7.99. The summed E-state index contributed by atoms with van der Waals surface area (Å²) in [7, 11) is 0. The van der Waals surface area contributed by atoms with Crippen LogP contribution in [0.4, 0.5) is 0 Å². The van der Waals surface area contributed by atoms with Gasteiger partial charge in [-0.25, -0.2) is 4.68 Å². The molecule has 136 valence electrons. The summed E-state index contributed by atoms with van der Waals surface area (Å²) < 4.78 is 6.54. The molecule has 0 aliphatic heterocycles. The maximum absolute atomic E-state index is 12.2. The Morgan fingerprint density at radius 1 is 1.35 bits per heavy atom. The zero-order valence-corrected chi connectivity index (χ0v) is 16.0. The number of thioether (sulfide) groups is 1. The van der Waals surface area contributed by atoms with E-state index in [-0.39, 0.29) is 17.7 Å². The number of amides is 1. The van der Waals surface area contributed by atoms with Crippen LogP contribution in [0.5, 0.6) is 0 Å². The average Bonchev–Trinajstić information content (AvgIpc) is 3.25. The first kappa shape index (κ1) is 18.6. The van der Waals surface area contributed by atoms with E-state index in [4.69, 9.17) is 33.5 Å². The lowest BCUT2D eigenvalue weighted by molar-refractivity contribution is -0.119. The second-order valence-electron chi connectivity index (χ2n) is 5.40. The summed E-state index contributed by atoms with van der Waals surface area (Å²) in [6, 6.07) is 8.49. The summed E-state index contributed by atoms with van der Waals surface area (Å²) in [5.41, 5.74) is 0.861. The summed E-state index contributed by atoms with van der Waals surface area (Å²) in [6.45, 7) is 1.86. The summed E-state index contributed by atoms with van der Waals surface area (Å²) >= 11 is 13.1. The fourth-order valence-corrected chi connectivity index (χ4v) is 3.20. The van der Waals surface area contributed by atoms with Crippen molar-refractivity contribution in [2.75, 3.05) is 11.6 Å². The normalized spacial score (nSPS) is 12.1. The van der Waals surface area contributed by atoms with E-state index in [9.17, 15) is 4.79 Å². The number of nitrogens with two attached hydrogens (primary N) is 1. The molecule has 3 aromatic rings. The Morgan fingerprint density at radius 2 is 2.15 bits per heavy atom. The number of hydrogen-bond donors (Lipinski definition) is 2. The molecule has 1 aromatic carbocycles. The first-order valence-corrected chi connectivity index (χ1v) is 9.31. The van der Waals surface area contributed by atoms with Crippen molar-refractivity contribution in [1.29, 1.82) is 0 Å². The van der Waals surface area contributed by atoms with Crippen LogP contribution in [0.1, 0.15) is 18.5 Å². The molecule has 0 fully saturated rings. The molecule has 10 heteroatoms. The van der Waals surface area contributed by atoms with Crippen LogP contribution >= 0.6 is 35.0 Å². The number of furan rings is 1. The molecule has 0 spiro atoms. The Balaban J connectivity index is 1.58. The number of carbonyl (C=O) groups excluding carboxylic acids is 1. The van der Waals surface area contributed by atoms with Crippen molar-refractivity contribution in [3.8, 4) is 11.6 Å². The molecule has 1 amide bonds. The van der Waals surface area contributed by atoms with Gasteiger partial charge in [-0.2, -0.15) is 0 Å². The van der Waals surface area contributed by atoms with Gasteiger partial charge in [-0.05, 0) is 36.8 Å². The van der Waals surface area contributed by atoms with Gasteiger partial charge in [0, 0.05) is 0 Å². The first-order chi connectivity index (χ1) is 12.5. The van der Waals surface area contributed by atoms with Gasteiger partial charge in [0.15, 0.2) is 5.76 Å². The topological polar surface area (TPSA) is 99.0 Å². The van der Waals surface area contributed by atoms with Gasteiger partial charge in [0.05, 0.1) is 28.1 Å². The zero-order valence-electron chi connectivity index (χ0n) is 13.6. The fraction of sp³-hybridized carbons (Fsp3) is 0.188. The lowest BCUT2D eigenvalue weighted by Gasteiger charge is -2.14. The van der Waals surface area contributed by atoms with E-state index in [1.54, 1.807) is 24.3 Å². The number of rotatable bonds is 6. The molecular weight excluding hydrogens is 397 g/mol. The van der Waals surface area contributed by atoms with Gasteiger partial charge >= 0.3 is 0 Å². The van der Waals surface area contributed by atoms with Crippen molar-refractivity contribution in [3.05, 3.63) is 52.2 Å². The predicted octanol–water partition coefficient (Wildman–Crippen LogP) is 3.53. The Labute approximate surface area is 163 Å². The summed E-state index contributed by atoms with van der Waals surface area (Å²) in [6.07, 6.45) is 1.52. The molecule has 0 radical (unpaired) electrons.